The van der Waals surface area contributed by atoms with Gasteiger partial charge >= 0.3 is 18.1 Å². The number of carbonyl (C=O) groups is 3. The first-order valence-electron chi connectivity index (χ1n) is 13.3. The summed E-state index contributed by atoms with van der Waals surface area (Å²) < 4.78 is 51.4. The predicted molar refractivity (Wildman–Crippen MR) is 138 cm³/mol. The summed E-state index contributed by atoms with van der Waals surface area (Å²) in [5, 5.41) is 12.5. The molecule has 2 atom stereocenters. The van der Waals surface area contributed by atoms with Crippen molar-refractivity contribution >= 4 is 23.8 Å². The number of carboxylic acids is 1. The molecule has 1 saturated heterocycles. The Morgan fingerprint density at radius 1 is 1.23 bits per heavy atom. The summed E-state index contributed by atoms with van der Waals surface area (Å²) in [7, 11) is 0. The molecule has 40 heavy (non-hydrogen) atoms. The highest BCUT2D eigenvalue weighted by molar-refractivity contribution is 5.94. The van der Waals surface area contributed by atoms with Gasteiger partial charge in [-0.2, -0.15) is 13.2 Å². The highest BCUT2D eigenvalue weighted by Gasteiger charge is 2.50. The molecule has 0 saturated carbocycles. The van der Waals surface area contributed by atoms with Gasteiger partial charge in [-0.05, 0) is 56.9 Å². The molecule has 4 rings (SSSR count). The third-order valence-electron chi connectivity index (χ3n) is 7.00. The summed E-state index contributed by atoms with van der Waals surface area (Å²) in [5.41, 5.74) is -0.737. The van der Waals surface area contributed by atoms with Gasteiger partial charge in [0.2, 0.25) is 5.91 Å². The Hall–Kier alpha value is -3.51. The molecule has 0 aliphatic carbocycles. The van der Waals surface area contributed by atoms with Crippen LogP contribution in [0.15, 0.2) is 23.2 Å². The van der Waals surface area contributed by atoms with Gasteiger partial charge in [0.15, 0.2) is 11.5 Å². The van der Waals surface area contributed by atoms with E-state index in [1.54, 1.807) is 39.0 Å². The second-order valence-electron chi connectivity index (χ2n) is 11.5. The number of aliphatic carboxylic acids is 1. The van der Waals surface area contributed by atoms with Crippen molar-refractivity contribution in [2.45, 2.75) is 70.3 Å². The topological polar surface area (TPSA) is 121 Å². The van der Waals surface area contributed by atoms with Gasteiger partial charge in [-0.1, -0.05) is 6.07 Å². The maximum absolute atomic E-state index is 13.3. The highest BCUT2D eigenvalue weighted by atomic mass is 19.4. The third-order valence-corrected chi connectivity index (χ3v) is 7.00. The summed E-state index contributed by atoms with van der Waals surface area (Å²) in [6.45, 7) is 5.46. The lowest BCUT2D eigenvalue weighted by molar-refractivity contribution is -0.165. The van der Waals surface area contributed by atoms with Crippen molar-refractivity contribution < 1.29 is 42.1 Å². The number of ether oxygens (including phenoxy) is 2. The van der Waals surface area contributed by atoms with E-state index in [1.165, 1.54) is 0 Å². The van der Waals surface area contributed by atoms with E-state index >= 15 is 0 Å². The van der Waals surface area contributed by atoms with Crippen LogP contribution in [0.4, 0.5) is 13.2 Å². The number of esters is 1. The predicted octanol–water partition coefficient (Wildman–Crippen LogP) is 2.74. The number of hydrogen-bond donors (Lipinski definition) is 2. The van der Waals surface area contributed by atoms with Crippen LogP contribution in [-0.2, 0) is 32.1 Å². The number of amides is 1. The minimum absolute atomic E-state index is 0.0126. The van der Waals surface area contributed by atoms with Crippen molar-refractivity contribution in [1.29, 1.82) is 0 Å². The molecule has 3 aliphatic heterocycles. The summed E-state index contributed by atoms with van der Waals surface area (Å²) in [6.07, 6.45) is -4.06. The molecule has 1 aromatic rings. The number of nitrogens with one attached hydrogen (secondary N) is 1. The lowest BCUT2D eigenvalue weighted by Crippen LogP contribution is -2.54. The fourth-order valence-electron chi connectivity index (χ4n) is 5.24. The molecule has 0 radical (unpaired) electrons. The first-order valence-corrected chi connectivity index (χ1v) is 13.3. The number of rotatable bonds is 8. The molecular weight excluding hydrogens is 533 g/mol. The Kier molecular flexibility index (Phi) is 8.23. The van der Waals surface area contributed by atoms with E-state index in [0.717, 1.165) is 13.0 Å². The van der Waals surface area contributed by atoms with E-state index in [1.807, 2.05) is 4.90 Å². The van der Waals surface area contributed by atoms with Crippen molar-refractivity contribution in [3.63, 3.8) is 0 Å². The van der Waals surface area contributed by atoms with Crippen LogP contribution in [0.25, 0.3) is 0 Å². The molecule has 3 heterocycles. The first-order chi connectivity index (χ1) is 18.6. The second-order valence-corrected chi connectivity index (χ2v) is 11.5. The van der Waals surface area contributed by atoms with Crippen LogP contribution < -0.4 is 10.1 Å². The van der Waals surface area contributed by atoms with E-state index in [-0.39, 0.29) is 26.0 Å². The molecule has 1 aromatic carbocycles. The molecule has 3 aliphatic rings. The summed E-state index contributed by atoms with van der Waals surface area (Å²) in [5.74, 6) is -2.61. The Balaban J connectivity index is 1.51. The summed E-state index contributed by atoms with van der Waals surface area (Å²) in [4.78, 5) is 44.5. The van der Waals surface area contributed by atoms with Gasteiger partial charge in [0.1, 0.15) is 17.9 Å². The number of fused-ring (bicyclic) bond motifs is 2. The molecule has 2 N–H and O–H groups in total. The van der Waals surface area contributed by atoms with Gasteiger partial charge in [0.05, 0.1) is 25.5 Å². The van der Waals surface area contributed by atoms with Crippen LogP contribution in [0.3, 0.4) is 0 Å². The average Bonchev–Trinajstić information content (AvgIpc) is 3.16. The molecule has 13 heteroatoms. The van der Waals surface area contributed by atoms with Crippen LogP contribution in [0, 0.1) is 5.92 Å². The van der Waals surface area contributed by atoms with Gasteiger partial charge in [-0.15, -0.1) is 0 Å². The monoisotopic (exact) mass is 568 g/mol. The van der Waals surface area contributed by atoms with Crippen molar-refractivity contribution in [3.8, 4) is 5.75 Å². The summed E-state index contributed by atoms with van der Waals surface area (Å²) in [6, 6.07) is 4.86. The largest absolute Gasteiger partial charge is 0.493 e. The minimum Gasteiger partial charge on any atom is -0.493 e. The molecule has 0 spiro atoms. The van der Waals surface area contributed by atoms with E-state index in [9.17, 15) is 32.7 Å². The number of benzene rings is 1. The first kappa shape index (κ1) is 29.5. The Morgan fingerprint density at radius 3 is 2.62 bits per heavy atom. The molecule has 1 fully saturated rings. The van der Waals surface area contributed by atoms with E-state index in [4.69, 9.17) is 9.47 Å². The van der Waals surface area contributed by atoms with E-state index in [0.29, 0.717) is 40.8 Å². The van der Waals surface area contributed by atoms with Crippen molar-refractivity contribution in [1.82, 2.24) is 15.1 Å². The molecule has 1 amide bonds. The van der Waals surface area contributed by atoms with Gasteiger partial charge < -0.3 is 29.7 Å². The van der Waals surface area contributed by atoms with Crippen molar-refractivity contribution in [2.75, 3.05) is 32.8 Å². The standard InChI is InChI=1S/C27H35F3N4O6/c1-25(2,3)40-23(38)26(15-33-9-4-8-31-24(33)32-26)7-10-39-20-6-5-17-11-18(13-21(35)36)22(37)34(14-19(17)12-20)16-27(28,29)30/h5-6,12,18H,4,7-11,13-16H2,1-3H3,(H,31,32)(H,35,36)/t18-,26?/m0/s1. The zero-order valence-electron chi connectivity index (χ0n) is 22.8. The fraction of sp³-hybridized carbons (Fsp3) is 0.630. The van der Waals surface area contributed by atoms with Gasteiger partial charge in [-0.3, -0.25) is 14.6 Å². The number of halogens is 3. The number of guanidine groups is 1. The quantitative estimate of drug-likeness (QED) is 0.460. The Labute approximate surface area is 230 Å². The number of carbonyl (C=O) groups excluding carboxylic acids is 2. The zero-order chi connectivity index (χ0) is 29.3. The van der Waals surface area contributed by atoms with Crippen LogP contribution in [0.2, 0.25) is 0 Å². The smallest absolute Gasteiger partial charge is 0.406 e. The van der Waals surface area contributed by atoms with E-state index < -0.39 is 54.0 Å². The number of nitrogens with zero attached hydrogens (tertiary/aromatic N) is 3. The highest BCUT2D eigenvalue weighted by Crippen LogP contribution is 2.31. The lowest BCUT2D eigenvalue weighted by Gasteiger charge is -2.31. The van der Waals surface area contributed by atoms with Crippen LogP contribution >= 0.6 is 0 Å². The SMILES string of the molecule is CC(C)(C)OC(=O)C1(CCOc2ccc3c(c2)CN(CC(F)(F)F)C(=O)[C@H](CC(=O)O)C3)CN2CCCN=C2N1. The Bertz CT molecular complexity index is 1180. The second kappa shape index (κ2) is 11.2. The lowest BCUT2D eigenvalue weighted by atomic mass is 9.94. The zero-order valence-corrected chi connectivity index (χ0v) is 22.8. The average molecular weight is 569 g/mol. The number of carboxylic acid groups (broad SMARTS) is 1. The molecule has 220 valence electrons. The van der Waals surface area contributed by atoms with Gasteiger partial charge in [-0.25, -0.2) is 4.79 Å². The number of alkyl halides is 3. The molecule has 0 bridgehead atoms. The van der Waals surface area contributed by atoms with Crippen LogP contribution in [0.5, 0.6) is 5.75 Å². The van der Waals surface area contributed by atoms with Crippen LogP contribution in [-0.4, -0.2) is 88.8 Å². The van der Waals surface area contributed by atoms with Gasteiger partial charge in [0, 0.05) is 26.1 Å². The molecule has 0 aromatic heterocycles. The van der Waals surface area contributed by atoms with Crippen LogP contribution in [0.1, 0.15) is 51.2 Å². The van der Waals surface area contributed by atoms with E-state index in [2.05, 4.69) is 10.3 Å². The van der Waals surface area contributed by atoms with Crippen molar-refractivity contribution in [2.24, 2.45) is 10.9 Å². The molecule has 1 unspecified atom stereocenters. The normalized spacial score (nSPS) is 23.0. The number of hydrogen-bond acceptors (Lipinski definition) is 8. The van der Waals surface area contributed by atoms with Crippen molar-refractivity contribution in [3.05, 3.63) is 29.3 Å². The maximum atomic E-state index is 13.3. The third kappa shape index (κ3) is 7.16. The maximum Gasteiger partial charge on any atom is 0.406 e. The van der Waals surface area contributed by atoms with Gasteiger partial charge in [0.25, 0.3) is 0 Å². The number of aliphatic imine (C=N–C) groups is 1. The molecular formula is C27H35F3N4O6. The minimum atomic E-state index is -4.64. The fourth-order valence-corrected chi connectivity index (χ4v) is 5.24. The Morgan fingerprint density at radius 2 is 1.98 bits per heavy atom. The molecule has 10 nitrogen and oxygen atoms in total. The summed E-state index contributed by atoms with van der Waals surface area (Å²) >= 11 is 0.